The zero-order chi connectivity index (χ0) is 108. The number of phenolic OH excluding ortho intramolecular Hbond substituents is 1. The number of likely N-dealkylation sites (tertiary alicyclic amines) is 1. The van der Waals surface area contributed by atoms with Crippen LogP contribution in [0.25, 0.3) is 10.9 Å². The van der Waals surface area contributed by atoms with Gasteiger partial charge in [0.2, 0.25) is 118 Å². The van der Waals surface area contributed by atoms with Gasteiger partial charge in [-0.1, -0.05) is 106 Å². The van der Waals surface area contributed by atoms with Crippen LogP contribution in [-0.4, -0.2) is 313 Å². The first kappa shape index (κ1) is 120. The van der Waals surface area contributed by atoms with Crippen molar-refractivity contribution in [2.24, 2.45) is 52.5 Å². The lowest BCUT2D eigenvalue weighted by molar-refractivity contribution is -0.149. The van der Waals surface area contributed by atoms with Crippen LogP contribution in [0.2, 0.25) is 0 Å². The van der Waals surface area contributed by atoms with Crippen molar-refractivity contribution in [2.75, 3.05) is 45.9 Å². The highest BCUT2D eigenvalue weighted by Crippen LogP contribution is 2.24. The molecule has 2 aromatic heterocycles. The Morgan fingerprint density at radius 2 is 1.14 bits per heavy atom. The van der Waals surface area contributed by atoms with E-state index in [9.17, 15) is 102 Å². The first-order valence-electron chi connectivity index (χ1n) is 48.5. The molecule has 17 atom stereocenters. The van der Waals surface area contributed by atoms with Gasteiger partial charge in [0.1, 0.15) is 102 Å². The molecule has 4 aromatic rings. The zero-order valence-corrected chi connectivity index (χ0v) is 83.5. The average Bonchev–Trinajstić information content (AvgIpc) is 1.73. The number of fused-ring (bicyclic) bond motifs is 1. The number of aromatic amines is 2. The molecule has 52 heteroatoms. The van der Waals surface area contributed by atoms with Gasteiger partial charge in [-0.2, -0.15) is 0 Å². The molecule has 33 N–H and O–H groups in total. The van der Waals surface area contributed by atoms with Crippen molar-refractivity contribution in [2.45, 2.75) is 275 Å². The Balaban J connectivity index is 1.28. The molecule has 0 radical (unpaired) electrons. The number of para-hydroxylation sites is 1. The highest BCUT2D eigenvalue weighted by atomic mass is 16.4. The van der Waals surface area contributed by atoms with Crippen LogP contribution < -0.4 is 119 Å². The summed E-state index contributed by atoms with van der Waals surface area (Å²) in [5.41, 5.74) is 23.9. The maximum Gasteiger partial charge on any atom is 0.326 e. The van der Waals surface area contributed by atoms with E-state index < -0.39 is 322 Å². The number of aliphatic carboxylic acids is 1. The molecule has 2 saturated heterocycles. The van der Waals surface area contributed by atoms with Crippen molar-refractivity contribution < 1.29 is 121 Å². The van der Waals surface area contributed by atoms with Gasteiger partial charge in [-0.3, -0.25) is 101 Å². The summed E-state index contributed by atoms with van der Waals surface area (Å²) in [7, 11) is 0. The third kappa shape index (κ3) is 38.6. The van der Waals surface area contributed by atoms with Crippen LogP contribution in [0.1, 0.15) is 176 Å². The number of hydrogen-bond acceptors (Lipinski definition) is 27. The number of carboxylic acids is 1. The molecule has 2 aromatic carbocycles. The number of guanidine groups is 1. The Bertz CT molecular complexity index is 5210. The van der Waals surface area contributed by atoms with Gasteiger partial charge >= 0.3 is 5.97 Å². The lowest BCUT2D eigenvalue weighted by Gasteiger charge is -2.31. The van der Waals surface area contributed by atoms with E-state index in [2.05, 4.69) is 111 Å². The number of hydrogen-bond donors (Lipinski definition) is 29. The van der Waals surface area contributed by atoms with Gasteiger partial charge in [-0.05, 0) is 130 Å². The number of carbonyl (C=O) groups excluding carboxylic acids is 20. The van der Waals surface area contributed by atoms with Crippen molar-refractivity contribution in [3.05, 3.63) is 84.1 Å². The molecular formula is C94H143N27O25. The number of phenols is 1. The van der Waals surface area contributed by atoms with Crippen molar-refractivity contribution >= 4 is 141 Å². The van der Waals surface area contributed by atoms with Gasteiger partial charge in [-0.15, -0.1) is 0 Å². The zero-order valence-electron chi connectivity index (χ0n) is 83.5. The second-order valence-electron chi connectivity index (χ2n) is 37.6. The number of benzene rings is 2. The number of nitrogens with one attached hydrogen (secondary N) is 21. The lowest BCUT2D eigenvalue weighted by atomic mass is 9.95. The topological polar surface area (TPSA) is 832 Å². The van der Waals surface area contributed by atoms with Gasteiger partial charge in [0.05, 0.1) is 39.1 Å². The van der Waals surface area contributed by atoms with E-state index in [0.717, 1.165) is 0 Å². The number of imidazole rings is 1. The monoisotopic (exact) mass is 2050 g/mol. The maximum atomic E-state index is 15.5. The summed E-state index contributed by atoms with van der Waals surface area (Å²) in [6, 6.07) is -13.8. The minimum atomic E-state index is -1.99. The molecule has 0 saturated carbocycles. The number of nitrogens with two attached hydrogens (primary N) is 4. The van der Waals surface area contributed by atoms with Gasteiger partial charge in [0.15, 0.2) is 5.96 Å². The smallest absolute Gasteiger partial charge is 0.326 e. The number of primary amides is 2. The fourth-order valence-electron chi connectivity index (χ4n) is 16.0. The number of aliphatic hydroxyl groups excluding tert-OH is 2. The molecule has 20 amide bonds. The second kappa shape index (κ2) is 59.3. The van der Waals surface area contributed by atoms with E-state index in [-0.39, 0.29) is 75.5 Å². The van der Waals surface area contributed by atoms with Gasteiger partial charge in [0, 0.05) is 74.2 Å². The van der Waals surface area contributed by atoms with Crippen molar-refractivity contribution in [3.8, 4) is 5.75 Å². The standard InChI is InChI=1S/C94H143N27O25/c1-11-50(10)77(91(143)111-60(20-14-15-31-95)92(144)121-33-17-22-68(121)93(145)146)120-90(142)76(49(8)9)119-85(137)65(38-70(97)126)114-87(139)67(44-123)116-82(134)64(37-53-40-100-45-105-53)106-73(129)42-104-88(140)74(47(4)5)117-84(136)63(36-52-39-102-56-19-13-12-18-55(52)56)113-80(132)59-28-30-71(127)103-41-72(128)107-66(43-122)86(138)110-58(27-29-69(96)125)79(131)112-61(34-46(2)3)83(135)118-75(48(6)7)89(141)115-62(35-51-23-25-54(124)26-24-51)81(133)108-57(78(130)109-59)21-16-32-101-94(98)99/h12-13,18-19,23-26,39-40,45-50,57-68,74-77,102,122-124H,11,14-17,20-22,27-38,41-44,95H2,1-10H3,(H2,96,125)(H2,97,126)(H,100,105)(H,103,127)(H,104,140)(H,106,129)(H,107,128)(H,108,133)(H,109,130)(H,110,138)(H,111,143)(H,112,131)(H,113,132)(H,114,139)(H,115,141)(H,116,134)(H,117,136)(H,118,135)(H,119,137)(H,120,142)(H,145,146)(H4,98,99,101)/t50-,57-,58-,59?,60-,61-,62-,63-,64-,65-,66-,67-,68-,74-,75-,76-,77-/m0/s1. The van der Waals surface area contributed by atoms with Crippen LogP contribution in [0.15, 0.2) is 67.3 Å². The van der Waals surface area contributed by atoms with Crippen LogP contribution in [0.5, 0.6) is 5.75 Å². The van der Waals surface area contributed by atoms with Gasteiger partial charge < -0.3 is 154 Å². The van der Waals surface area contributed by atoms with Crippen molar-refractivity contribution in [1.29, 1.82) is 5.41 Å². The summed E-state index contributed by atoms with van der Waals surface area (Å²) >= 11 is 0. The number of H-pyrrole nitrogens is 2. The SMILES string of the molecule is CC[C@H](C)[C@H](NC(=O)[C@@H](NC(=O)[C@H](CC(N)=O)NC(=O)[C@H](CO)NC(=O)[C@H](Cc1cnc[nH]1)NC(=O)CNC(=O)[C@@H](NC(=O)[C@H](Cc1c[nH]c2ccccc12)NC(=O)C1CCC(=O)NCC(=O)N[C@@H](CO)C(=O)N[C@@H](CCC(N)=O)C(=O)N[C@@H](CC(C)C)C(=O)N[C@@H](C(C)C)C(=O)N[C@@H](Cc2ccc(O)cc2)C(=O)N[C@@H](CCCNC(=N)N)C(=O)N1)C(C)C)C(C)C)C(=O)N[C@@H](CCCCN)C(=O)N1CCC[C@H]1C(=O)O. The first-order chi connectivity index (χ1) is 69.1. The van der Waals surface area contributed by atoms with Crippen LogP contribution in [-0.2, 0) is 120 Å². The lowest BCUT2D eigenvalue weighted by Crippen LogP contribution is -2.62. The van der Waals surface area contributed by atoms with E-state index in [1.165, 1.54) is 75.6 Å². The number of rotatable bonds is 48. The Morgan fingerprint density at radius 1 is 0.562 bits per heavy atom. The first-order valence-corrected chi connectivity index (χ1v) is 48.5. The normalized spacial score (nSPS) is 20.0. The number of amides is 20. The molecular weight excluding hydrogens is 1910 g/mol. The van der Waals surface area contributed by atoms with E-state index in [4.69, 9.17) is 28.3 Å². The second-order valence-corrected chi connectivity index (χ2v) is 37.6. The Hall–Kier alpha value is -15.0. The van der Waals surface area contributed by atoms with E-state index in [0.29, 0.717) is 47.7 Å². The molecule has 2 aliphatic rings. The fraction of sp³-hybridized carbons (Fsp3) is 0.585. The number of aromatic nitrogens is 3. The van der Waals surface area contributed by atoms with Crippen LogP contribution in [0.4, 0.5) is 0 Å². The Kier molecular flexibility index (Phi) is 48.6. The molecule has 4 heterocycles. The van der Waals surface area contributed by atoms with Crippen molar-refractivity contribution in [3.63, 3.8) is 0 Å². The van der Waals surface area contributed by atoms with E-state index in [1.54, 1.807) is 65.8 Å². The summed E-state index contributed by atoms with van der Waals surface area (Å²) in [5.74, 6) is -26.3. The summed E-state index contributed by atoms with van der Waals surface area (Å²) in [6.45, 7) is 12.0. The van der Waals surface area contributed by atoms with Crippen LogP contribution >= 0.6 is 0 Å². The quantitative estimate of drug-likeness (QED) is 0.0111. The van der Waals surface area contributed by atoms with E-state index in [1.807, 2.05) is 0 Å². The number of carboxylic acid groups (broad SMARTS) is 1. The average molecular weight is 2050 g/mol. The van der Waals surface area contributed by atoms with Crippen molar-refractivity contribution in [1.82, 2.24) is 116 Å². The number of carbonyl (C=O) groups is 21. The summed E-state index contributed by atoms with van der Waals surface area (Å²) in [6.07, 6.45) is 0.734. The van der Waals surface area contributed by atoms with E-state index >= 15 is 19.2 Å². The molecule has 52 nitrogen and oxygen atoms in total. The molecule has 6 rings (SSSR count). The van der Waals surface area contributed by atoms with Gasteiger partial charge in [0.25, 0.3) is 0 Å². The van der Waals surface area contributed by atoms with Crippen LogP contribution in [0.3, 0.4) is 0 Å². The summed E-state index contributed by atoms with van der Waals surface area (Å²) < 4.78 is 0. The van der Waals surface area contributed by atoms with Gasteiger partial charge in [-0.25, -0.2) is 9.78 Å². The number of unbranched alkanes of at least 4 members (excludes halogenated alkanes) is 1. The molecule has 0 bridgehead atoms. The minimum Gasteiger partial charge on any atom is -0.508 e. The maximum absolute atomic E-state index is 15.5. The molecule has 2 fully saturated rings. The predicted molar refractivity (Wildman–Crippen MR) is 525 cm³/mol. The third-order valence-corrected chi connectivity index (χ3v) is 24.4. The Morgan fingerprint density at radius 3 is 1.74 bits per heavy atom. The largest absolute Gasteiger partial charge is 0.508 e. The summed E-state index contributed by atoms with van der Waals surface area (Å²) in [5, 5.41) is 94.7. The molecule has 0 spiro atoms. The van der Waals surface area contributed by atoms with Crippen LogP contribution in [0, 0.1) is 35.0 Å². The molecule has 146 heavy (non-hydrogen) atoms. The molecule has 804 valence electrons. The predicted octanol–water partition coefficient (Wildman–Crippen LogP) is -7.42. The minimum absolute atomic E-state index is 0.0706. The summed E-state index contributed by atoms with van der Waals surface area (Å²) in [4.78, 5) is 309. The molecule has 0 aliphatic carbocycles. The molecule has 1 unspecified atom stereocenters. The third-order valence-electron chi connectivity index (χ3n) is 24.4. The number of aliphatic hydroxyl groups is 2. The molecule has 2 aliphatic heterocycles. The highest BCUT2D eigenvalue weighted by Gasteiger charge is 2.44. The Labute approximate surface area is 842 Å². The highest BCUT2D eigenvalue weighted by molar-refractivity contribution is 6.03. The fourth-order valence-corrected chi connectivity index (χ4v) is 16.0. The number of nitrogens with zero attached hydrogens (tertiary/aromatic N) is 2. The number of aromatic hydroxyl groups is 1.